The van der Waals surface area contributed by atoms with Crippen LogP contribution in [0, 0.1) is 6.92 Å². The lowest BCUT2D eigenvalue weighted by molar-refractivity contribution is -0.118. The third-order valence-corrected chi connectivity index (χ3v) is 5.77. The number of benzene rings is 2. The summed E-state index contributed by atoms with van der Waals surface area (Å²) < 4.78 is 1.92. The predicted octanol–water partition coefficient (Wildman–Crippen LogP) is 3.98. The molecule has 0 saturated carbocycles. The van der Waals surface area contributed by atoms with Crippen molar-refractivity contribution in [2.75, 3.05) is 5.75 Å². The van der Waals surface area contributed by atoms with E-state index in [2.05, 4.69) is 25.7 Å². The quantitative estimate of drug-likeness (QED) is 0.247. The second-order valence-electron chi connectivity index (χ2n) is 7.25. The lowest BCUT2D eigenvalue weighted by atomic mass is 10.1. The molecule has 0 saturated heterocycles. The summed E-state index contributed by atoms with van der Waals surface area (Å²) in [6.07, 6.45) is 3.41. The van der Waals surface area contributed by atoms with Gasteiger partial charge in [-0.25, -0.2) is 5.43 Å². The number of carbonyl (C=O) groups is 1. The van der Waals surface area contributed by atoms with Gasteiger partial charge >= 0.3 is 0 Å². The number of pyridine rings is 1. The van der Waals surface area contributed by atoms with Crippen molar-refractivity contribution in [3.63, 3.8) is 0 Å². The molecule has 0 unspecified atom stereocenters. The number of thioether (sulfide) groups is 1. The van der Waals surface area contributed by atoms with Crippen LogP contribution in [0.4, 0.5) is 0 Å². The number of aromatic hydroxyl groups is 1. The number of hydrazone groups is 1. The first-order valence-corrected chi connectivity index (χ1v) is 11.2. The number of aryl methyl sites for hydroxylation is 1. The number of nitrogens with zero attached hydrogens (tertiary/aromatic N) is 5. The molecular weight excluding hydrogens is 436 g/mol. The molecule has 0 bridgehead atoms. The molecule has 0 atom stereocenters. The fourth-order valence-corrected chi connectivity index (χ4v) is 3.87. The van der Waals surface area contributed by atoms with Crippen molar-refractivity contribution in [1.82, 2.24) is 25.2 Å². The summed E-state index contributed by atoms with van der Waals surface area (Å²) >= 11 is 1.26. The minimum Gasteiger partial charge on any atom is -0.507 e. The van der Waals surface area contributed by atoms with E-state index in [-0.39, 0.29) is 17.4 Å². The lowest BCUT2D eigenvalue weighted by Gasteiger charge is -2.10. The van der Waals surface area contributed by atoms with Gasteiger partial charge in [-0.05, 0) is 50.2 Å². The van der Waals surface area contributed by atoms with Crippen molar-refractivity contribution < 1.29 is 9.90 Å². The van der Waals surface area contributed by atoms with Crippen LogP contribution in [-0.2, 0) is 4.79 Å². The Morgan fingerprint density at radius 2 is 1.79 bits per heavy atom. The molecule has 2 heterocycles. The van der Waals surface area contributed by atoms with Crippen molar-refractivity contribution in [2.24, 2.45) is 5.10 Å². The average molecular weight is 459 g/mol. The molecule has 0 radical (unpaired) electrons. The van der Waals surface area contributed by atoms with E-state index >= 15 is 0 Å². The molecule has 0 aliphatic heterocycles. The van der Waals surface area contributed by atoms with Gasteiger partial charge < -0.3 is 5.11 Å². The number of hydrogen-bond acceptors (Lipinski definition) is 7. The Labute approximate surface area is 195 Å². The predicted molar refractivity (Wildman–Crippen MR) is 129 cm³/mol. The third-order valence-electron chi connectivity index (χ3n) is 4.84. The first kappa shape index (κ1) is 22.2. The summed E-state index contributed by atoms with van der Waals surface area (Å²) in [6, 6.07) is 18.6. The Bertz CT molecular complexity index is 1290. The molecule has 9 heteroatoms. The van der Waals surface area contributed by atoms with Crippen LogP contribution in [-0.4, -0.2) is 42.2 Å². The van der Waals surface area contributed by atoms with Gasteiger partial charge in [-0.2, -0.15) is 5.10 Å². The standard InChI is InChI=1S/C24H22N6O2S/c1-16-7-9-19(10-8-16)30-23(18-11-13-25-14-12-18)28-29-24(30)33-15-22(32)27-26-17(2)20-5-3-4-6-21(20)31/h3-14,31H,15H2,1-2H3,(H,27,32). The number of hydrogen-bond donors (Lipinski definition) is 2. The molecule has 0 aliphatic rings. The molecule has 2 aromatic heterocycles. The van der Waals surface area contributed by atoms with Crippen LogP contribution in [0.15, 0.2) is 83.3 Å². The number of phenolic OH excluding ortho intramolecular Hbond substituents is 1. The van der Waals surface area contributed by atoms with E-state index in [0.29, 0.717) is 22.3 Å². The van der Waals surface area contributed by atoms with Gasteiger partial charge in [0.1, 0.15) is 5.75 Å². The molecule has 0 spiro atoms. The number of nitrogens with one attached hydrogen (secondary N) is 1. The van der Waals surface area contributed by atoms with Crippen molar-refractivity contribution in [1.29, 1.82) is 0 Å². The average Bonchev–Trinajstić information content (AvgIpc) is 3.26. The van der Waals surface area contributed by atoms with Gasteiger partial charge in [0.05, 0.1) is 11.5 Å². The lowest BCUT2D eigenvalue weighted by Crippen LogP contribution is -2.21. The molecule has 2 aromatic carbocycles. The fourth-order valence-electron chi connectivity index (χ4n) is 3.13. The second kappa shape index (κ2) is 10.1. The zero-order valence-electron chi connectivity index (χ0n) is 18.1. The van der Waals surface area contributed by atoms with Gasteiger partial charge in [-0.3, -0.25) is 14.3 Å². The minimum atomic E-state index is -0.293. The van der Waals surface area contributed by atoms with E-state index < -0.39 is 0 Å². The van der Waals surface area contributed by atoms with Gasteiger partial charge in [-0.15, -0.1) is 10.2 Å². The van der Waals surface area contributed by atoms with Crippen LogP contribution in [0.2, 0.25) is 0 Å². The maximum absolute atomic E-state index is 12.4. The Morgan fingerprint density at radius 3 is 2.52 bits per heavy atom. The molecular formula is C24H22N6O2S. The van der Waals surface area contributed by atoms with Crippen molar-refractivity contribution >= 4 is 23.4 Å². The van der Waals surface area contributed by atoms with E-state index in [1.54, 1.807) is 43.6 Å². The first-order valence-electron chi connectivity index (χ1n) is 10.2. The molecule has 2 N–H and O–H groups in total. The zero-order chi connectivity index (χ0) is 23.2. The third kappa shape index (κ3) is 5.27. The van der Waals surface area contributed by atoms with Crippen LogP contribution >= 0.6 is 11.8 Å². The maximum Gasteiger partial charge on any atom is 0.250 e. The molecule has 0 aliphatic carbocycles. The van der Waals surface area contributed by atoms with E-state index in [1.165, 1.54) is 11.8 Å². The number of phenols is 1. The largest absolute Gasteiger partial charge is 0.507 e. The molecule has 33 heavy (non-hydrogen) atoms. The van der Waals surface area contributed by atoms with E-state index in [4.69, 9.17) is 0 Å². The summed E-state index contributed by atoms with van der Waals surface area (Å²) in [4.78, 5) is 16.5. The van der Waals surface area contributed by atoms with Gasteiger partial charge in [0, 0.05) is 29.2 Å². The molecule has 0 fully saturated rings. The SMILES string of the molecule is CC(=NNC(=O)CSc1nnc(-c2ccncc2)n1-c1ccc(C)cc1)c1ccccc1O. The molecule has 1 amide bonds. The summed E-state index contributed by atoms with van der Waals surface area (Å²) in [5, 5.41) is 23.3. The monoisotopic (exact) mass is 458 g/mol. The van der Waals surface area contributed by atoms with Gasteiger partial charge in [0.2, 0.25) is 0 Å². The molecule has 8 nitrogen and oxygen atoms in total. The summed E-state index contributed by atoms with van der Waals surface area (Å²) in [5.74, 6) is 0.575. The Morgan fingerprint density at radius 1 is 1.06 bits per heavy atom. The van der Waals surface area contributed by atoms with Crippen LogP contribution < -0.4 is 5.43 Å². The minimum absolute atomic E-state index is 0.0951. The fraction of sp³-hybridized carbons (Fsp3) is 0.125. The number of para-hydroxylation sites is 1. The zero-order valence-corrected chi connectivity index (χ0v) is 19.0. The first-order chi connectivity index (χ1) is 16.0. The molecule has 166 valence electrons. The highest BCUT2D eigenvalue weighted by atomic mass is 32.2. The van der Waals surface area contributed by atoms with E-state index in [1.807, 2.05) is 47.9 Å². The Kier molecular flexibility index (Phi) is 6.80. The normalized spacial score (nSPS) is 11.4. The van der Waals surface area contributed by atoms with Crippen molar-refractivity contribution in [3.05, 3.63) is 84.2 Å². The second-order valence-corrected chi connectivity index (χ2v) is 8.19. The highest BCUT2D eigenvalue weighted by Crippen LogP contribution is 2.27. The number of amides is 1. The molecule has 4 rings (SSSR count). The smallest absolute Gasteiger partial charge is 0.250 e. The van der Waals surface area contributed by atoms with Crippen LogP contribution in [0.5, 0.6) is 5.75 Å². The van der Waals surface area contributed by atoms with Crippen molar-refractivity contribution in [2.45, 2.75) is 19.0 Å². The van der Waals surface area contributed by atoms with E-state index in [9.17, 15) is 9.90 Å². The van der Waals surface area contributed by atoms with Crippen LogP contribution in [0.25, 0.3) is 17.1 Å². The Balaban J connectivity index is 1.53. The number of rotatable bonds is 7. The molecule has 4 aromatic rings. The van der Waals surface area contributed by atoms with E-state index in [0.717, 1.165) is 16.8 Å². The topological polar surface area (TPSA) is 105 Å². The summed E-state index contributed by atoms with van der Waals surface area (Å²) in [6.45, 7) is 3.74. The maximum atomic E-state index is 12.4. The van der Waals surface area contributed by atoms with Crippen LogP contribution in [0.3, 0.4) is 0 Å². The highest BCUT2D eigenvalue weighted by Gasteiger charge is 2.17. The number of carbonyl (C=O) groups excluding carboxylic acids is 1. The highest BCUT2D eigenvalue weighted by molar-refractivity contribution is 7.99. The summed E-state index contributed by atoms with van der Waals surface area (Å²) in [5.41, 5.74) is 6.52. The van der Waals surface area contributed by atoms with Crippen LogP contribution in [0.1, 0.15) is 18.1 Å². The Hall–Kier alpha value is -3.98. The number of aromatic nitrogens is 4. The van der Waals surface area contributed by atoms with Gasteiger partial charge in [-0.1, -0.05) is 41.6 Å². The van der Waals surface area contributed by atoms with Gasteiger partial charge in [0.15, 0.2) is 11.0 Å². The van der Waals surface area contributed by atoms with Crippen molar-refractivity contribution in [3.8, 4) is 22.8 Å². The summed E-state index contributed by atoms with van der Waals surface area (Å²) in [7, 11) is 0. The van der Waals surface area contributed by atoms with Gasteiger partial charge in [0.25, 0.3) is 5.91 Å².